The molecule has 0 fully saturated rings. The number of ether oxygens (including phenoxy) is 1. The Kier molecular flexibility index (Phi) is 4.57. The summed E-state index contributed by atoms with van der Waals surface area (Å²) >= 11 is 10.8. The van der Waals surface area contributed by atoms with Gasteiger partial charge in [0.05, 0.1) is 5.02 Å². The monoisotopic (exact) mass is 309 g/mol. The van der Waals surface area contributed by atoms with E-state index < -0.39 is 5.82 Å². The maximum Gasteiger partial charge on any atom is 0.138 e. The van der Waals surface area contributed by atoms with E-state index in [-0.39, 0.29) is 11.6 Å². The normalized spacial score (nSPS) is 10.3. The molecule has 0 aliphatic heterocycles. The van der Waals surface area contributed by atoms with Crippen LogP contribution in [0.4, 0.5) is 4.39 Å². The van der Waals surface area contributed by atoms with Crippen LogP contribution in [0.3, 0.4) is 0 Å². The molecule has 2 aromatic carbocycles. The highest BCUT2D eigenvalue weighted by Gasteiger charge is 2.07. The van der Waals surface area contributed by atoms with Gasteiger partial charge < -0.3 is 10.5 Å². The summed E-state index contributed by atoms with van der Waals surface area (Å²) in [5.74, 6) is 0.119. The fourth-order valence-electron chi connectivity index (χ4n) is 1.70. The zero-order valence-electron chi connectivity index (χ0n) is 10.8. The van der Waals surface area contributed by atoms with Crippen LogP contribution < -0.4 is 10.5 Å². The van der Waals surface area contributed by atoms with Crippen LogP contribution in [0, 0.1) is 12.7 Å². The molecule has 2 nitrogen and oxygen atoms in total. The van der Waals surface area contributed by atoms with E-state index in [1.807, 2.05) is 13.0 Å². The summed E-state index contributed by atoms with van der Waals surface area (Å²) in [5.41, 5.74) is 7.40. The van der Waals surface area contributed by atoms with E-state index in [1.165, 1.54) is 6.07 Å². The van der Waals surface area contributed by atoms with E-state index in [4.69, 9.17) is 34.3 Å². The predicted molar refractivity (Wildman–Crippen MR) is 82.8 cm³/mol. The summed E-state index contributed by atoms with van der Waals surface area (Å²) in [6.45, 7) is 2.02. The highest BCUT2D eigenvalue weighted by Crippen LogP contribution is 2.26. The molecule has 0 saturated heterocycles. The van der Waals surface area contributed by atoms with Gasteiger partial charge in [-0.3, -0.25) is 0 Å². The maximum absolute atomic E-state index is 13.8. The fraction of sp³-hybridized carbons (Fsp3) is 0.133. The lowest BCUT2D eigenvalue weighted by Gasteiger charge is -2.10. The number of benzene rings is 2. The highest BCUT2D eigenvalue weighted by molar-refractivity contribution is 7.80. The smallest absolute Gasteiger partial charge is 0.138 e. The summed E-state index contributed by atoms with van der Waals surface area (Å²) in [7, 11) is 0. The molecule has 0 spiro atoms. The Hall–Kier alpha value is -1.65. The summed E-state index contributed by atoms with van der Waals surface area (Å²) in [4.78, 5) is 0.165. The molecule has 0 aliphatic rings. The molecule has 20 heavy (non-hydrogen) atoms. The number of thiocarbonyl (C=S) groups is 1. The molecular weight excluding hydrogens is 297 g/mol. The third-order valence-electron chi connectivity index (χ3n) is 2.81. The van der Waals surface area contributed by atoms with Crippen molar-refractivity contribution in [2.24, 2.45) is 5.73 Å². The maximum atomic E-state index is 13.8. The minimum absolute atomic E-state index is 0.0895. The number of nitrogens with two attached hydrogens (primary N) is 1. The molecule has 0 saturated carbocycles. The van der Waals surface area contributed by atoms with Gasteiger partial charge >= 0.3 is 0 Å². The molecule has 0 heterocycles. The molecule has 2 N–H and O–H groups in total. The first-order chi connectivity index (χ1) is 9.47. The van der Waals surface area contributed by atoms with Crippen molar-refractivity contribution in [2.75, 3.05) is 0 Å². The van der Waals surface area contributed by atoms with Crippen LogP contribution in [0.1, 0.15) is 16.7 Å². The number of halogens is 2. The lowest BCUT2D eigenvalue weighted by Crippen LogP contribution is -2.10. The van der Waals surface area contributed by atoms with Crippen LogP contribution in [-0.2, 0) is 6.61 Å². The Bertz CT molecular complexity index is 660. The summed E-state index contributed by atoms with van der Waals surface area (Å²) in [6.07, 6.45) is 0. The Morgan fingerprint density at radius 2 is 2.05 bits per heavy atom. The summed E-state index contributed by atoms with van der Waals surface area (Å²) in [5, 5.41) is 0.505. The zero-order valence-corrected chi connectivity index (χ0v) is 12.4. The van der Waals surface area contributed by atoms with Crippen molar-refractivity contribution in [1.82, 2.24) is 0 Å². The van der Waals surface area contributed by atoms with Crippen LogP contribution in [-0.4, -0.2) is 4.99 Å². The van der Waals surface area contributed by atoms with Gasteiger partial charge in [0.15, 0.2) is 0 Å². The fourth-order valence-corrected chi connectivity index (χ4v) is 2.11. The largest absolute Gasteiger partial charge is 0.487 e. The molecule has 104 valence electrons. The molecule has 0 aliphatic carbocycles. The van der Waals surface area contributed by atoms with Gasteiger partial charge in [-0.2, -0.15) is 0 Å². The minimum atomic E-state index is -0.404. The Morgan fingerprint density at radius 3 is 2.65 bits per heavy atom. The number of aryl methyl sites for hydroxylation is 1. The van der Waals surface area contributed by atoms with Gasteiger partial charge in [0.2, 0.25) is 0 Å². The highest BCUT2D eigenvalue weighted by atomic mass is 35.5. The molecule has 0 atom stereocenters. The second-order valence-electron chi connectivity index (χ2n) is 4.39. The Labute approximate surface area is 127 Å². The van der Waals surface area contributed by atoms with E-state index in [0.29, 0.717) is 21.9 Å². The van der Waals surface area contributed by atoms with Crippen molar-refractivity contribution in [3.8, 4) is 5.75 Å². The van der Waals surface area contributed by atoms with Gasteiger partial charge in [0.1, 0.15) is 23.2 Å². The predicted octanol–water partition coefficient (Wildman–Crippen LogP) is 4.00. The minimum Gasteiger partial charge on any atom is -0.487 e. The first-order valence-electron chi connectivity index (χ1n) is 5.94. The number of hydrogen-bond donors (Lipinski definition) is 1. The number of hydrogen-bond acceptors (Lipinski definition) is 2. The molecule has 0 bridgehead atoms. The van der Waals surface area contributed by atoms with Crippen LogP contribution in [0.5, 0.6) is 5.75 Å². The van der Waals surface area contributed by atoms with Gasteiger partial charge in [-0.25, -0.2) is 4.39 Å². The SMILES string of the molecule is Cc1ccc(OCc2ccc(C(N)=S)cc2F)c(Cl)c1. The van der Waals surface area contributed by atoms with Crippen LogP contribution in [0.25, 0.3) is 0 Å². The first kappa shape index (κ1) is 14.8. The lowest BCUT2D eigenvalue weighted by atomic mass is 10.1. The van der Waals surface area contributed by atoms with Gasteiger partial charge in [0, 0.05) is 11.1 Å². The third-order valence-corrected chi connectivity index (χ3v) is 3.34. The topological polar surface area (TPSA) is 35.2 Å². The van der Waals surface area contributed by atoms with Crippen molar-refractivity contribution >= 4 is 28.8 Å². The quantitative estimate of drug-likeness (QED) is 0.867. The van der Waals surface area contributed by atoms with Crippen LogP contribution in [0.2, 0.25) is 5.02 Å². The molecule has 0 unspecified atom stereocenters. The second kappa shape index (κ2) is 6.20. The zero-order chi connectivity index (χ0) is 14.7. The first-order valence-corrected chi connectivity index (χ1v) is 6.73. The van der Waals surface area contributed by atoms with E-state index in [0.717, 1.165) is 5.56 Å². The second-order valence-corrected chi connectivity index (χ2v) is 5.24. The molecule has 2 rings (SSSR count). The van der Waals surface area contributed by atoms with Crippen molar-refractivity contribution in [2.45, 2.75) is 13.5 Å². The van der Waals surface area contributed by atoms with Crippen molar-refractivity contribution in [1.29, 1.82) is 0 Å². The van der Waals surface area contributed by atoms with Gasteiger partial charge in [-0.1, -0.05) is 42.0 Å². The van der Waals surface area contributed by atoms with Crippen molar-refractivity contribution in [3.05, 3.63) is 63.9 Å². The molecule has 0 amide bonds. The molecule has 2 aromatic rings. The summed E-state index contributed by atoms with van der Waals surface area (Å²) < 4.78 is 19.4. The third kappa shape index (κ3) is 3.46. The van der Waals surface area contributed by atoms with Crippen molar-refractivity contribution in [3.63, 3.8) is 0 Å². The molecular formula is C15H13ClFNOS. The van der Waals surface area contributed by atoms with Gasteiger partial charge in [-0.05, 0) is 30.7 Å². The lowest BCUT2D eigenvalue weighted by molar-refractivity contribution is 0.300. The average molecular weight is 310 g/mol. The average Bonchev–Trinajstić information content (AvgIpc) is 2.38. The van der Waals surface area contributed by atoms with Crippen LogP contribution in [0.15, 0.2) is 36.4 Å². The summed E-state index contributed by atoms with van der Waals surface area (Å²) in [6, 6.07) is 10.0. The van der Waals surface area contributed by atoms with E-state index in [2.05, 4.69) is 0 Å². The molecule has 0 radical (unpaired) electrons. The molecule has 0 aromatic heterocycles. The van der Waals surface area contributed by atoms with E-state index in [9.17, 15) is 4.39 Å². The standard InChI is InChI=1S/C15H13ClFNOS/c1-9-2-5-14(12(16)6-9)19-8-11-4-3-10(15(18)20)7-13(11)17/h2-7H,8H2,1H3,(H2,18,20). The molecule has 5 heteroatoms. The van der Waals surface area contributed by atoms with E-state index in [1.54, 1.807) is 24.3 Å². The van der Waals surface area contributed by atoms with Crippen molar-refractivity contribution < 1.29 is 9.13 Å². The van der Waals surface area contributed by atoms with E-state index >= 15 is 0 Å². The van der Waals surface area contributed by atoms with Crippen LogP contribution >= 0.6 is 23.8 Å². The van der Waals surface area contributed by atoms with Gasteiger partial charge in [0.25, 0.3) is 0 Å². The number of rotatable bonds is 4. The Balaban J connectivity index is 2.13. The van der Waals surface area contributed by atoms with Gasteiger partial charge in [-0.15, -0.1) is 0 Å². The Morgan fingerprint density at radius 1 is 1.30 bits per heavy atom.